The summed E-state index contributed by atoms with van der Waals surface area (Å²) in [6.45, 7) is 6.39. The maximum Gasteiger partial charge on any atom is 0.129 e. The van der Waals surface area contributed by atoms with Crippen LogP contribution in [0.5, 0.6) is 0 Å². The minimum absolute atomic E-state index is 0.646. The molecule has 4 bridgehead atoms. The second-order valence-electron chi connectivity index (χ2n) is 6.34. The molecule has 4 fully saturated rings. The van der Waals surface area contributed by atoms with Gasteiger partial charge in [0.1, 0.15) is 16.3 Å². The molecule has 90 valence electrons. The Hall–Kier alpha value is 0.0900. The highest BCUT2D eigenvalue weighted by Crippen LogP contribution is 2.59. The van der Waals surface area contributed by atoms with E-state index < -0.39 is 0 Å². The van der Waals surface area contributed by atoms with Crippen molar-refractivity contribution in [3.63, 3.8) is 0 Å². The normalized spacial score (nSPS) is 46.9. The van der Waals surface area contributed by atoms with Crippen molar-refractivity contribution in [3.05, 3.63) is 12.7 Å². The van der Waals surface area contributed by atoms with E-state index in [0.29, 0.717) is 10.9 Å². The quantitative estimate of drug-likeness (QED) is 0.515. The first-order valence-electron chi connectivity index (χ1n) is 7.04. The van der Waals surface area contributed by atoms with E-state index in [1.165, 1.54) is 11.5 Å². The van der Waals surface area contributed by atoms with Crippen LogP contribution in [0.2, 0.25) is 0 Å². The fraction of sp³-hybridized carbons (Fsp3) is 0.867. The molecule has 0 radical (unpaired) electrons. The standard InChI is InChI=1S/C15H25S/c1-3-5-16(4-2)15-9-12-6-13(10-15)8-14(7-12)11-15/h3,12-14H,1,4-11H2,2H3/q+1. The average Bonchev–Trinajstić information content (AvgIpc) is 2.23. The van der Waals surface area contributed by atoms with Gasteiger partial charge in [-0.05, 0) is 60.9 Å². The third-order valence-corrected chi connectivity index (χ3v) is 8.32. The summed E-state index contributed by atoms with van der Waals surface area (Å²) in [6, 6.07) is 0. The topological polar surface area (TPSA) is 0 Å². The van der Waals surface area contributed by atoms with Crippen LogP contribution in [-0.2, 0) is 10.9 Å². The van der Waals surface area contributed by atoms with Gasteiger partial charge in [-0.15, -0.1) is 0 Å². The zero-order chi connectivity index (χ0) is 11.2. The van der Waals surface area contributed by atoms with E-state index in [0.717, 1.165) is 22.5 Å². The van der Waals surface area contributed by atoms with Crippen LogP contribution in [0.25, 0.3) is 0 Å². The Morgan fingerprint density at radius 1 is 1.12 bits per heavy atom. The maximum atomic E-state index is 3.98. The van der Waals surface area contributed by atoms with Crippen molar-refractivity contribution >= 4 is 10.9 Å². The van der Waals surface area contributed by atoms with Crippen molar-refractivity contribution in [1.82, 2.24) is 0 Å². The van der Waals surface area contributed by atoms with Gasteiger partial charge in [-0.3, -0.25) is 0 Å². The Morgan fingerprint density at radius 2 is 1.62 bits per heavy atom. The van der Waals surface area contributed by atoms with Gasteiger partial charge in [-0.2, -0.15) is 0 Å². The van der Waals surface area contributed by atoms with Gasteiger partial charge in [-0.1, -0.05) is 6.58 Å². The van der Waals surface area contributed by atoms with Crippen molar-refractivity contribution in [1.29, 1.82) is 0 Å². The van der Waals surface area contributed by atoms with Gasteiger partial charge in [0.05, 0.1) is 0 Å². The van der Waals surface area contributed by atoms with E-state index in [4.69, 9.17) is 0 Å². The second kappa shape index (κ2) is 4.08. The summed E-state index contributed by atoms with van der Waals surface area (Å²) in [4.78, 5) is 0. The lowest BCUT2D eigenvalue weighted by Gasteiger charge is -2.54. The van der Waals surface area contributed by atoms with Gasteiger partial charge in [0, 0.05) is 19.3 Å². The molecule has 0 saturated heterocycles. The Labute approximate surface area is 103 Å². The fourth-order valence-corrected chi connectivity index (χ4v) is 8.03. The predicted molar refractivity (Wildman–Crippen MR) is 73.9 cm³/mol. The SMILES string of the molecule is C=CC[S+](CC)C12CC3CC(CC(C3)C1)C2. The molecular weight excluding hydrogens is 212 g/mol. The molecule has 0 aromatic rings. The molecule has 0 aliphatic heterocycles. The second-order valence-corrected chi connectivity index (χ2v) is 9.10. The van der Waals surface area contributed by atoms with Crippen molar-refractivity contribution in [3.8, 4) is 0 Å². The third-order valence-electron chi connectivity index (χ3n) is 5.26. The lowest BCUT2D eigenvalue weighted by molar-refractivity contribution is 0.0369. The summed E-state index contributed by atoms with van der Waals surface area (Å²) < 4.78 is 0.775. The monoisotopic (exact) mass is 237 g/mol. The third kappa shape index (κ3) is 1.66. The summed E-state index contributed by atoms with van der Waals surface area (Å²) in [5, 5.41) is 0. The van der Waals surface area contributed by atoms with Crippen LogP contribution in [0.15, 0.2) is 12.7 Å². The Bertz CT molecular complexity index is 246. The molecule has 0 aromatic heterocycles. The first-order chi connectivity index (χ1) is 7.75. The zero-order valence-corrected chi connectivity index (χ0v) is 11.4. The zero-order valence-electron chi connectivity index (χ0n) is 10.6. The molecule has 4 aliphatic carbocycles. The molecule has 0 amide bonds. The molecule has 0 aromatic carbocycles. The van der Waals surface area contributed by atoms with Gasteiger partial charge in [0.2, 0.25) is 0 Å². The smallest absolute Gasteiger partial charge is 0.0985 e. The lowest BCUT2D eigenvalue weighted by Crippen LogP contribution is -2.55. The number of hydrogen-bond acceptors (Lipinski definition) is 0. The molecular formula is C15H25S+. The molecule has 0 spiro atoms. The molecule has 4 rings (SSSR count). The lowest BCUT2D eigenvalue weighted by atomic mass is 9.56. The molecule has 16 heavy (non-hydrogen) atoms. The first kappa shape index (κ1) is 11.2. The summed E-state index contributed by atoms with van der Waals surface area (Å²) in [5.41, 5.74) is 0. The van der Waals surface area contributed by atoms with E-state index in [1.807, 2.05) is 0 Å². The molecule has 1 heteroatoms. The highest BCUT2D eigenvalue weighted by atomic mass is 32.2. The fourth-order valence-electron chi connectivity index (χ4n) is 5.13. The Balaban J connectivity index is 1.84. The van der Waals surface area contributed by atoms with Crippen LogP contribution in [0.4, 0.5) is 0 Å². The van der Waals surface area contributed by atoms with Gasteiger partial charge < -0.3 is 0 Å². The predicted octanol–water partition coefficient (Wildman–Crippen LogP) is 3.78. The van der Waals surface area contributed by atoms with Crippen molar-refractivity contribution in [2.75, 3.05) is 11.5 Å². The van der Waals surface area contributed by atoms with Gasteiger partial charge in [0.15, 0.2) is 0 Å². The van der Waals surface area contributed by atoms with Crippen LogP contribution in [0, 0.1) is 17.8 Å². The summed E-state index contributed by atoms with van der Waals surface area (Å²) in [5.74, 6) is 6.02. The van der Waals surface area contributed by atoms with Gasteiger partial charge in [-0.25, -0.2) is 0 Å². The molecule has 0 heterocycles. The Kier molecular flexibility index (Phi) is 2.86. The van der Waals surface area contributed by atoms with Gasteiger partial charge >= 0.3 is 0 Å². The Morgan fingerprint density at radius 3 is 2.00 bits per heavy atom. The summed E-state index contributed by atoms with van der Waals surface area (Å²) in [7, 11) is 0.646. The van der Waals surface area contributed by atoms with Crippen molar-refractivity contribution < 1.29 is 0 Å². The highest BCUT2D eigenvalue weighted by molar-refractivity contribution is 7.98. The largest absolute Gasteiger partial charge is 0.129 e. The molecule has 1 unspecified atom stereocenters. The molecule has 4 aliphatic rings. The molecule has 1 atom stereocenters. The summed E-state index contributed by atoms with van der Waals surface area (Å²) in [6.07, 6.45) is 11.6. The van der Waals surface area contributed by atoms with Crippen LogP contribution < -0.4 is 0 Å². The molecule has 0 N–H and O–H groups in total. The average molecular weight is 237 g/mol. The maximum absolute atomic E-state index is 3.98. The van der Waals surface area contributed by atoms with Crippen LogP contribution in [0.1, 0.15) is 45.4 Å². The highest BCUT2D eigenvalue weighted by Gasteiger charge is 2.58. The van der Waals surface area contributed by atoms with Crippen molar-refractivity contribution in [2.45, 2.75) is 50.2 Å². The van der Waals surface area contributed by atoms with Crippen LogP contribution >= 0.6 is 0 Å². The van der Waals surface area contributed by atoms with Crippen molar-refractivity contribution in [2.24, 2.45) is 17.8 Å². The van der Waals surface area contributed by atoms with E-state index in [1.54, 1.807) is 38.5 Å². The van der Waals surface area contributed by atoms with E-state index in [9.17, 15) is 0 Å². The van der Waals surface area contributed by atoms with E-state index >= 15 is 0 Å². The minimum atomic E-state index is 0.646. The number of rotatable bonds is 4. The molecule has 4 saturated carbocycles. The van der Waals surface area contributed by atoms with Crippen LogP contribution in [-0.4, -0.2) is 16.3 Å². The minimum Gasteiger partial charge on any atom is -0.0985 e. The van der Waals surface area contributed by atoms with E-state index in [2.05, 4.69) is 19.6 Å². The number of hydrogen-bond donors (Lipinski definition) is 0. The molecule has 0 nitrogen and oxygen atoms in total. The van der Waals surface area contributed by atoms with Crippen LogP contribution in [0.3, 0.4) is 0 Å². The summed E-state index contributed by atoms with van der Waals surface area (Å²) >= 11 is 0. The van der Waals surface area contributed by atoms with Gasteiger partial charge in [0.25, 0.3) is 0 Å². The first-order valence-corrected chi connectivity index (χ1v) is 8.60. The van der Waals surface area contributed by atoms with E-state index in [-0.39, 0.29) is 0 Å².